The molecule has 3 heterocycles. The molecule has 0 saturated carbocycles. The van der Waals surface area contributed by atoms with Crippen molar-refractivity contribution in [3.8, 4) is 28.3 Å². The van der Waals surface area contributed by atoms with Crippen molar-refractivity contribution in [3.05, 3.63) is 92.3 Å². The second kappa shape index (κ2) is 11.8. The Labute approximate surface area is 242 Å². The second-order valence-corrected chi connectivity index (χ2v) is 10.7. The zero-order chi connectivity index (χ0) is 28.4. The molecule has 2 aromatic carbocycles. The topological polar surface area (TPSA) is 89.3 Å². The van der Waals surface area contributed by atoms with Crippen molar-refractivity contribution in [2.24, 2.45) is 13.0 Å². The summed E-state index contributed by atoms with van der Waals surface area (Å²) in [5.41, 5.74) is 3.54. The van der Waals surface area contributed by atoms with Crippen molar-refractivity contribution < 1.29 is 9.53 Å². The number of benzene rings is 2. The lowest BCUT2D eigenvalue weighted by molar-refractivity contribution is 0.102. The summed E-state index contributed by atoms with van der Waals surface area (Å²) in [5, 5.41) is 7.35. The molecule has 40 heavy (non-hydrogen) atoms. The molecule has 1 N–H and O–H groups in total. The normalized spacial score (nSPS) is 15.3. The highest BCUT2D eigenvalue weighted by atomic mass is 35.5. The Kier molecular flexibility index (Phi) is 8.21. The van der Waals surface area contributed by atoms with Crippen LogP contribution < -0.4 is 15.6 Å². The first-order valence-corrected chi connectivity index (χ1v) is 13.7. The molecular formula is C30H29Cl2N5O3. The molecule has 0 bridgehead atoms. The van der Waals surface area contributed by atoms with Crippen molar-refractivity contribution in [2.45, 2.75) is 19.9 Å². The molecule has 5 rings (SSSR count). The summed E-state index contributed by atoms with van der Waals surface area (Å²) in [6, 6.07) is 16.3. The molecule has 2 aromatic heterocycles. The Hall–Kier alpha value is -3.72. The van der Waals surface area contributed by atoms with E-state index in [1.54, 1.807) is 19.2 Å². The number of rotatable bonds is 7. The predicted octanol–water partition coefficient (Wildman–Crippen LogP) is 5.92. The van der Waals surface area contributed by atoms with Crippen molar-refractivity contribution in [1.29, 1.82) is 0 Å². The highest BCUT2D eigenvalue weighted by Crippen LogP contribution is 2.41. The van der Waals surface area contributed by atoms with Gasteiger partial charge in [-0.2, -0.15) is 5.10 Å². The fourth-order valence-corrected chi connectivity index (χ4v) is 5.57. The molecule has 206 valence electrons. The van der Waals surface area contributed by atoms with Gasteiger partial charge in [0.25, 0.3) is 11.5 Å². The van der Waals surface area contributed by atoms with Gasteiger partial charge in [0.15, 0.2) is 0 Å². The van der Waals surface area contributed by atoms with Crippen LogP contribution in [-0.4, -0.2) is 45.8 Å². The van der Waals surface area contributed by atoms with E-state index in [-0.39, 0.29) is 5.56 Å². The van der Waals surface area contributed by atoms with Gasteiger partial charge in [0.05, 0.1) is 28.5 Å². The van der Waals surface area contributed by atoms with Crippen LogP contribution in [0.15, 0.2) is 65.6 Å². The Morgan fingerprint density at radius 2 is 1.77 bits per heavy atom. The van der Waals surface area contributed by atoms with Crippen LogP contribution in [0, 0.1) is 5.92 Å². The average molecular weight is 578 g/mol. The van der Waals surface area contributed by atoms with Gasteiger partial charge in [0, 0.05) is 48.6 Å². The van der Waals surface area contributed by atoms with E-state index in [2.05, 4.69) is 22.2 Å². The van der Waals surface area contributed by atoms with Gasteiger partial charge in [-0.25, -0.2) is 9.67 Å². The van der Waals surface area contributed by atoms with Crippen LogP contribution in [0.5, 0.6) is 5.88 Å². The molecule has 4 aromatic rings. The van der Waals surface area contributed by atoms with Crippen molar-refractivity contribution >= 4 is 34.8 Å². The number of nitrogens with one attached hydrogen (secondary N) is 1. The van der Waals surface area contributed by atoms with E-state index >= 15 is 0 Å². The van der Waals surface area contributed by atoms with Gasteiger partial charge in [-0.15, -0.1) is 0 Å². The summed E-state index contributed by atoms with van der Waals surface area (Å²) in [6.45, 7) is 5.19. The molecule has 1 atom stereocenters. The summed E-state index contributed by atoms with van der Waals surface area (Å²) >= 11 is 13.7. The van der Waals surface area contributed by atoms with Gasteiger partial charge in [-0.1, -0.05) is 66.5 Å². The van der Waals surface area contributed by atoms with Crippen LogP contribution in [0.2, 0.25) is 10.0 Å². The predicted molar refractivity (Wildman–Crippen MR) is 158 cm³/mol. The van der Waals surface area contributed by atoms with E-state index in [1.165, 1.54) is 25.7 Å². The zero-order valence-corrected chi connectivity index (χ0v) is 24.0. The van der Waals surface area contributed by atoms with Crippen LogP contribution in [0.3, 0.4) is 0 Å². The van der Waals surface area contributed by atoms with E-state index in [4.69, 9.17) is 32.9 Å². The van der Waals surface area contributed by atoms with Crippen LogP contribution >= 0.6 is 23.2 Å². The van der Waals surface area contributed by atoms with Gasteiger partial charge in [0.1, 0.15) is 5.56 Å². The summed E-state index contributed by atoms with van der Waals surface area (Å²) in [7, 11) is 3.11. The number of aryl methyl sites for hydroxylation is 1. The molecule has 0 radical (unpaired) electrons. The molecule has 0 aliphatic carbocycles. The maximum Gasteiger partial charge on any atom is 0.279 e. The molecule has 0 spiro atoms. The number of nitrogens with zero attached hydrogens (tertiary/aromatic N) is 4. The molecule has 1 unspecified atom stereocenters. The maximum atomic E-state index is 12.8. The maximum absolute atomic E-state index is 12.8. The minimum absolute atomic E-state index is 0.0401. The monoisotopic (exact) mass is 577 g/mol. The third kappa shape index (κ3) is 5.61. The van der Waals surface area contributed by atoms with E-state index in [1.807, 2.05) is 36.4 Å². The Bertz CT molecular complexity index is 1640. The lowest BCUT2D eigenvalue weighted by Gasteiger charge is -2.18. The molecule has 1 fully saturated rings. The lowest BCUT2D eigenvalue weighted by Crippen LogP contribution is -2.28. The molecule has 1 aliphatic rings. The van der Waals surface area contributed by atoms with Gasteiger partial charge in [-0.3, -0.25) is 14.5 Å². The minimum Gasteiger partial charge on any atom is -0.481 e. The SMILES string of the molecule is COc1nc(-c2cccc(-c3cccc(NC(=O)c4ccnn(C)c4=O)c3Cl)c2Cl)ccc1CN1CCC(C)C1. The molecule has 1 aliphatic heterocycles. The van der Waals surface area contributed by atoms with E-state index in [9.17, 15) is 9.59 Å². The van der Waals surface area contributed by atoms with E-state index < -0.39 is 11.5 Å². The quantitative estimate of drug-likeness (QED) is 0.293. The number of ether oxygens (including phenoxy) is 1. The van der Waals surface area contributed by atoms with Crippen molar-refractivity contribution in [2.75, 3.05) is 25.5 Å². The summed E-state index contributed by atoms with van der Waals surface area (Å²) in [6.07, 6.45) is 2.59. The number of carbonyl (C=O) groups excluding carboxylic acids is 1. The first-order valence-electron chi connectivity index (χ1n) is 12.9. The standard InChI is InChI=1S/C30H29Cl2N5O3/c1-18-13-15-37(16-18)17-19-10-11-24(35-29(19)40-3)22-8-4-6-20(26(22)31)21-7-5-9-25(27(21)32)34-28(38)23-12-14-33-36(2)30(23)39/h4-12,14,18H,13,15-17H2,1-3H3,(H,34,38). The third-order valence-electron chi connectivity index (χ3n) is 7.10. The number of halogens is 2. The zero-order valence-electron chi connectivity index (χ0n) is 22.4. The second-order valence-electron chi connectivity index (χ2n) is 9.96. The Morgan fingerprint density at radius 1 is 1.05 bits per heavy atom. The molecule has 8 nitrogen and oxygen atoms in total. The summed E-state index contributed by atoms with van der Waals surface area (Å²) in [4.78, 5) is 32.4. The van der Waals surface area contributed by atoms with Crippen LogP contribution in [0.4, 0.5) is 5.69 Å². The first kappa shape index (κ1) is 27.8. The van der Waals surface area contributed by atoms with E-state index in [0.29, 0.717) is 44.4 Å². The number of likely N-dealkylation sites (tertiary alicyclic amines) is 1. The average Bonchev–Trinajstić information content (AvgIpc) is 3.36. The van der Waals surface area contributed by atoms with Gasteiger partial charge < -0.3 is 10.1 Å². The number of amides is 1. The first-order chi connectivity index (χ1) is 19.3. The van der Waals surface area contributed by atoms with Gasteiger partial charge in [-0.05, 0) is 37.1 Å². The number of aromatic nitrogens is 3. The van der Waals surface area contributed by atoms with Crippen LogP contribution in [0.25, 0.3) is 22.4 Å². The smallest absolute Gasteiger partial charge is 0.279 e. The fourth-order valence-electron chi connectivity index (χ4n) is 4.97. The number of hydrogen-bond donors (Lipinski definition) is 1. The number of methoxy groups -OCH3 is 1. The number of pyridine rings is 1. The minimum atomic E-state index is -0.582. The molecular weight excluding hydrogens is 549 g/mol. The molecule has 1 amide bonds. The Balaban J connectivity index is 1.45. The number of carbonyl (C=O) groups is 1. The Morgan fingerprint density at radius 3 is 2.50 bits per heavy atom. The number of hydrogen-bond acceptors (Lipinski definition) is 6. The lowest BCUT2D eigenvalue weighted by atomic mass is 10.00. The van der Waals surface area contributed by atoms with Crippen molar-refractivity contribution in [3.63, 3.8) is 0 Å². The summed E-state index contributed by atoms with van der Waals surface area (Å²) in [5.74, 6) is 0.687. The fraction of sp³-hybridized carbons (Fsp3) is 0.267. The summed E-state index contributed by atoms with van der Waals surface area (Å²) < 4.78 is 6.75. The van der Waals surface area contributed by atoms with Gasteiger partial charge in [0.2, 0.25) is 5.88 Å². The van der Waals surface area contributed by atoms with Gasteiger partial charge >= 0.3 is 0 Å². The number of anilines is 1. The third-order valence-corrected chi connectivity index (χ3v) is 7.91. The molecule has 10 heteroatoms. The van der Waals surface area contributed by atoms with Crippen LogP contribution in [0.1, 0.15) is 29.3 Å². The molecule has 1 saturated heterocycles. The van der Waals surface area contributed by atoms with Crippen molar-refractivity contribution in [1.82, 2.24) is 19.7 Å². The largest absolute Gasteiger partial charge is 0.481 e. The van der Waals surface area contributed by atoms with E-state index in [0.717, 1.165) is 35.4 Å². The van der Waals surface area contributed by atoms with Crippen LogP contribution in [-0.2, 0) is 13.6 Å². The highest BCUT2D eigenvalue weighted by Gasteiger charge is 2.22. The highest BCUT2D eigenvalue weighted by molar-refractivity contribution is 6.39.